The monoisotopic (exact) mass is 205 g/mol. The van der Waals surface area contributed by atoms with Gasteiger partial charge in [-0.2, -0.15) is 0 Å². The van der Waals surface area contributed by atoms with Gasteiger partial charge < -0.3 is 10.6 Å². The lowest BCUT2D eigenvalue weighted by molar-refractivity contribution is 0.472. The number of aromatic nitrogens is 1. The summed E-state index contributed by atoms with van der Waals surface area (Å²) in [5.74, 6) is 1.69. The number of rotatable bonds is 3. The van der Waals surface area contributed by atoms with Gasteiger partial charge in [-0.25, -0.2) is 4.98 Å². The van der Waals surface area contributed by atoms with Crippen molar-refractivity contribution in [3.05, 3.63) is 24.4 Å². The highest BCUT2D eigenvalue weighted by molar-refractivity contribution is 5.38. The van der Waals surface area contributed by atoms with E-state index < -0.39 is 0 Å². The predicted octanol–water partition coefficient (Wildman–Crippen LogP) is 1.65. The molecule has 0 aromatic carbocycles. The van der Waals surface area contributed by atoms with Crippen LogP contribution in [-0.2, 0) is 0 Å². The van der Waals surface area contributed by atoms with E-state index in [-0.39, 0.29) is 0 Å². The highest BCUT2D eigenvalue weighted by Crippen LogP contribution is 2.30. The van der Waals surface area contributed by atoms with Crippen LogP contribution < -0.4 is 10.6 Å². The minimum Gasteiger partial charge on any atom is -0.356 e. The van der Waals surface area contributed by atoms with Crippen molar-refractivity contribution in [1.82, 2.24) is 4.98 Å². The second kappa shape index (κ2) is 4.62. The van der Waals surface area contributed by atoms with Crippen molar-refractivity contribution in [1.29, 1.82) is 0 Å². The molecule has 2 atom stereocenters. The molecule has 15 heavy (non-hydrogen) atoms. The van der Waals surface area contributed by atoms with Gasteiger partial charge in [0.25, 0.3) is 0 Å². The van der Waals surface area contributed by atoms with Crippen molar-refractivity contribution in [3.63, 3.8) is 0 Å². The molecule has 0 amide bonds. The van der Waals surface area contributed by atoms with E-state index in [1.165, 1.54) is 19.3 Å². The largest absolute Gasteiger partial charge is 0.356 e. The third kappa shape index (κ3) is 2.12. The molecule has 1 fully saturated rings. The Morgan fingerprint density at radius 1 is 1.47 bits per heavy atom. The number of pyridine rings is 1. The molecule has 82 valence electrons. The van der Waals surface area contributed by atoms with E-state index >= 15 is 0 Å². The smallest absolute Gasteiger partial charge is 0.128 e. The van der Waals surface area contributed by atoms with Gasteiger partial charge >= 0.3 is 0 Å². The zero-order chi connectivity index (χ0) is 10.7. The fourth-order valence-corrected chi connectivity index (χ4v) is 2.53. The lowest BCUT2D eigenvalue weighted by Gasteiger charge is -2.30. The molecule has 0 radical (unpaired) electrons. The van der Waals surface area contributed by atoms with Gasteiger partial charge in [-0.05, 0) is 37.4 Å². The summed E-state index contributed by atoms with van der Waals surface area (Å²) in [6.07, 6.45) is 5.65. The summed E-state index contributed by atoms with van der Waals surface area (Å²) in [5, 5.41) is 0. The standard InChI is InChI=1S/C12H19N3/c1-15(12-7-2-3-8-14-12)11-6-4-5-10(11)9-13/h2-3,7-8,10-11H,4-6,9,13H2,1H3. The molecule has 1 aromatic rings. The number of hydrogen-bond acceptors (Lipinski definition) is 3. The van der Waals surface area contributed by atoms with Crippen molar-refractivity contribution in [2.24, 2.45) is 11.7 Å². The van der Waals surface area contributed by atoms with Crippen LogP contribution >= 0.6 is 0 Å². The molecule has 1 aromatic heterocycles. The van der Waals surface area contributed by atoms with Crippen LogP contribution in [0.2, 0.25) is 0 Å². The Kier molecular flexibility index (Phi) is 3.21. The van der Waals surface area contributed by atoms with Gasteiger partial charge in [-0.1, -0.05) is 12.5 Å². The molecular formula is C12H19N3. The quantitative estimate of drug-likeness (QED) is 0.815. The first-order valence-electron chi connectivity index (χ1n) is 5.67. The first-order valence-corrected chi connectivity index (χ1v) is 5.67. The molecule has 1 aliphatic rings. The first-order chi connectivity index (χ1) is 7.33. The molecule has 1 aliphatic carbocycles. The fraction of sp³-hybridized carbons (Fsp3) is 0.583. The third-order valence-electron chi connectivity index (χ3n) is 3.43. The van der Waals surface area contributed by atoms with Crippen molar-refractivity contribution >= 4 is 5.82 Å². The summed E-state index contributed by atoms with van der Waals surface area (Å²) in [7, 11) is 2.13. The maximum absolute atomic E-state index is 5.79. The second-order valence-electron chi connectivity index (χ2n) is 4.29. The molecule has 0 bridgehead atoms. The van der Waals surface area contributed by atoms with Crippen molar-refractivity contribution in [3.8, 4) is 0 Å². The lowest BCUT2D eigenvalue weighted by Crippen LogP contribution is -2.38. The van der Waals surface area contributed by atoms with Gasteiger partial charge in [-0.3, -0.25) is 0 Å². The molecule has 0 saturated heterocycles. The summed E-state index contributed by atoms with van der Waals surface area (Å²) in [6.45, 7) is 0.793. The Bertz CT molecular complexity index is 299. The topological polar surface area (TPSA) is 42.2 Å². The molecule has 0 spiro atoms. The molecule has 1 saturated carbocycles. The lowest BCUT2D eigenvalue weighted by atomic mass is 10.0. The summed E-state index contributed by atoms with van der Waals surface area (Å²) in [4.78, 5) is 6.66. The summed E-state index contributed by atoms with van der Waals surface area (Å²) in [6, 6.07) is 6.62. The van der Waals surface area contributed by atoms with Crippen molar-refractivity contribution in [2.45, 2.75) is 25.3 Å². The summed E-state index contributed by atoms with van der Waals surface area (Å²) >= 11 is 0. The maximum atomic E-state index is 5.79. The predicted molar refractivity (Wildman–Crippen MR) is 62.8 cm³/mol. The molecule has 2 unspecified atom stereocenters. The third-order valence-corrected chi connectivity index (χ3v) is 3.43. The van der Waals surface area contributed by atoms with E-state index in [1.807, 2.05) is 18.3 Å². The van der Waals surface area contributed by atoms with E-state index in [4.69, 9.17) is 5.73 Å². The van der Waals surface area contributed by atoms with Crippen molar-refractivity contribution in [2.75, 3.05) is 18.5 Å². The van der Waals surface area contributed by atoms with Crippen LogP contribution in [0.1, 0.15) is 19.3 Å². The highest BCUT2D eigenvalue weighted by atomic mass is 15.2. The summed E-state index contributed by atoms with van der Waals surface area (Å²) < 4.78 is 0. The van der Waals surface area contributed by atoms with Gasteiger partial charge in [-0.15, -0.1) is 0 Å². The van der Waals surface area contributed by atoms with E-state index in [1.54, 1.807) is 0 Å². The minimum absolute atomic E-state index is 0.574. The Balaban J connectivity index is 2.10. The van der Waals surface area contributed by atoms with Crippen LogP contribution in [0.25, 0.3) is 0 Å². The zero-order valence-corrected chi connectivity index (χ0v) is 9.26. The molecule has 2 rings (SSSR count). The van der Waals surface area contributed by atoms with Gasteiger partial charge in [0.1, 0.15) is 5.82 Å². The molecule has 3 nitrogen and oxygen atoms in total. The SMILES string of the molecule is CN(c1ccccn1)C1CCCC1CN. The molecule has 3 heteroatoms. The van der Waals surface area contributed by atoms with Crippen LogP contribution in [0.4, 0.5) is 5.82 Å². The van der Waals surface area contributed by atoms with Crippen LogP contribution in [0.5, 0.6) is 0 Å². The Hall–Kier alpha value is -1.09. The molecule has 0 aliphatic heterocycles. The van der Waals surface area contributed by atoms with E-state index in [0.29, 0.717) is 12.0 Å². The first kappa shape index (κ1) is 10.4. The van der Waals surface area contributed by atoms with Gasteiger partial charge in [0, 0.05) is 19.3 Å². The number of anilines is 1. The van der Waals surface area contributed by atoms with Crippen LogP contribution in [0, 0.1) is 5.92 Å². The van der Waals surface area contributed by atoms with Gasteiger partial charge in [0.15, 0.2) is 0 Å². The van der Waals surface area contributed by atoms with E-state index in [9.17, 15) is 0 Å². The average molecular weight is 205 g/mol. The Morgan fingerprint density at radius 3 is 3.00 bits per heavy atom. The molecular weight excluding hydrogens is 186 g/mol. The van der Waals surface area contributed by atoms with Crippen molar-refractivity contribution < 1.29 is 0 Å². The Labute approximate surface area is 91.3 Å². The van der Waals surface area contributed by atoms with Gasteiger partial charge in [0.2, 0.25) is 0 Å². The van der Waals surface area contributed by atoms with E-state index in [0.717, 1.165) is 12.4 Å². The maximum Gasteiger partial charge on any atom is 0.128 e. The normalized spacial score (nSPS) is 25.5. The molecule has 1 heterocycles. The molecule has 2 N–H and O–H groups in total. The number of nitrogens with zero attached hydrogens (tertiary/aromatic N) is 2. The van der Waals surface area contributed by atoms with Gasteiger partial charge in [0.05, 0.1) is 0 Å². The van der Waals surface area contributed by atoms with Crippen LogP contribution in [0.15, 0.2) is 24.4 Å². The zero-order valence-electron chi connectivity index (χ0n) is 9.26. The fourth-order valence-electron chi connectivity index (χ4n) is 2.53. The minimum atomic E-state index is 0.574. The van der Waals surface area contributed by atoms with Crippen LogP contribution in [0.3, 0.4) is 0 Å². The summed E-state index contributed by atoms with van der Waals surface area (Å²) in [5.41, 5.74) is 5.79. The Morgan fingerprint density at radius 2 is 2.33 bits per heavy atom. The average Bonchev–Trinajstić information content (AvgIpc) is 2.77. The van der Waals surface area contributed by atoms with E-state index in [2.05, 4.69) is 23.0 Å². The second-order valence-corrected chi connectivity index (χ2v) is 4.29. The number of hydrogen-bond donors (Lipinski definition) is 1. The van der Waals surface area contributed by atoms with Crippen LogP contribution in [-0.4, -0.2) is 24.6 Å². The number of nitrogens with two attached hydrogens (primary N) is 1. The highest BCUT2D eigenvalue weighted by Gasteiger charge is 2.29.